The standard InChI is InChI=1S/C32H28ClFN6/c1-2-28(20-6-4-3-5-7-20)39-30-22(16-35)17-36-32-26(30)14-24(15-27(32)33)38-31(21-8-10-23(34)11-9-21)29-18-40(19-37-29)25-12-13-25/h3-11,14-15,17-19,25,28,31,38H,2,12-13H2,1H3,(H,36,39)/t28-,31?/m1/s1/i31D. The van der Waals surface area contributed by atoms with E-state index in [0.29, 0.717) is 50.2 Å². The van der Waals surface area contributed by atoms with Gasteiger partial charge in [0.25, 0.3) is 0 Å². The SMILES string of the molecule is [2H]C(Nc1cc(Cl)c2ncc(C#N)c(N[C@H](CC)c3ccccc3)c2c1)(c1ccc(F)cc1)c1cn(C2CC2)cn1. The van der Waals surface area contributed by atoms with Crippen LogP contribution in [0.2, 0.25) is 5.02 Å². The van der Waals surface area contributed by atoms with Crippen molar-refractivity contribution in [2.24, 2.45) is 0 Å². The Labute approximate surface area is 238 Å². The number of nitriles is 1. The third-order valence-electron chi connectivity index (χ3n) is 7.20. The normalized spacial score (nSPS) is 15.6. The number of pyridine rings is 1. The maximum atomic E-state index is 13.9. The third kappa shape index (κ3) is 5.23. The first-order valence-corrected chi connectivity index (χ1v) is 13.7. The molecule has 1 fully saturated rings. The Kier molecular flexibility index (Phi) is 6.76. The van der Waals surface area contributed by atoms with Crippen molar-refractivity contribution in [3.05, 3.63) is 119 Å². The number of hydrogen-bond donors (Lipinski definition) is 2. The Morgan fingerprint density at radius 1 is 1.10 bits per heavy atom. The second-order valence-corrected chi connectivity index (χ2v) is 10.4. The Hall–Kier alpha value is -4.41. The second-order valence-electron chi connectivity index (χ2n) is 9.97. The zero-order valence-electron chi connectivity index (χ0n) is 22.9. The van der Waals surface area contributed by atoms with Crippen molar-refractivity contribution >= 4 is 33.9 Å². The van der Waals surface area contributed by atoms with Gasteiger partial charge in [0.05, 0.1) is 47.2 Å². The van der Waals surface area contributed by atoms with E-state index < -0.39 is 6.02 Å². The number of aromatic nitrogens is 3. The molecule has 0 bridgehead atoms. The van der Waals surface area contributed by atoms with Crippen LogP contribution in [0.3, 0.4) is 0 Å². The highest BCUT2D eigenvalue weighted by atomic mass is 35.5. The predicted molar refractivity (Wildman–Crippen MR) is 157 cm³/mol. The first kappa shape index (κ1) is 24.6. The molecular weight excluding hydrogens is 523 g/mol. The molecule has 0 aliphatic heterocycles. The minimum absolute atomic E-state index is 0.0508. The van der Waals surface area contributed by atoms with Crippen molar-refractivity contribution in [3.63, 3.8) is 0 Å². The zero-order chi connectivity index (χ0) is 28.6. The number of hydrogen-bond acceptors (Lipinski definition) is 5. The number of nitrogens with zero attached hydrogens (tertiary/aromatic N) is 4. The highest BCUT2D eigenvalue weighted by molar-refractivity contribution is 6.35. The van der Waals surface area contributed by atoms with Gasteiger partial charge in [0.15, 0.2) is 0 Å². The van der Waals surface area contributed by atoms with E-state index in [-0.39, 0.29) is 11.9 Å². The van der Waals surface area contributed by atoms with Gasteiger partial charge in [-0.2, -0.15) is 5.26 Å². The first-order valence-electron chi connectivity index (χ1n) is 13.8. The average Bonchev–Trinajstić information content (AvgIpc) is 3.72. The van der Waals surface area contributed by atoms with Gasteiger partial charge in [-0.05, 0) is 54.7 Å². The summed E-state index contributed by atoms with van der Waals surface area (Å²) in [7, 11) is 0. The summed E-state index contributed by atoms with van der Waals surface area (Å²) in [5.74, 6) is -0.386. The molecule has 0 spiro atoms. The molecule has 40 heavy (non-hydrogen) atoms. The van der Waals surface area contributed by atoms with Crippen LogP contribution in [0.1, 0.15) is 68.0 Å². The largest absolute Gasteiger partial charge is 0.377 e. The third-order valence-corrected chi connectivity index (χ3v) is 7.49. The molecule has 2 aromatic heterocycles. The van der Waals surface area contributed by atoms with Gasteiger partial charge >= 0.3 is 0 Å². The maximum Gasteiger partial charge on any atom is 0.123 e. The second kappa shape index (κ2) is 11.0. The molecule has 0 radical (unpaired) electrons. The van der Waals surface area contributed by atoms with Crippen LogP contribution in [-0.4, -0.2) is 14.5 Å². The van der Waals surface area contributed by atoms with E-state index in [1.165, 1.54) is 18.3 Å². The van der Waals surface area contributed by atoms with E-state index in [2.05, 4.69) is 45.7 Å². The first-order chi connectivity index (χ1) is 19.9. The van der Waals surface area contributed by atoms with Crippen molar-refractivity contribution in [1.82, 2.24) is 14.5 Å². The van der Waals surface area contributed by atoms with Crippen LogP contribution >= 0.6 is 11.6 Å². The fraction of sp³-hybridized carbons (Fsp3) is 0.219. The van der Waals surface area contributed by atoms with E-state index >= 15 is 0 Å². The monoisotopic (exact) mass is 551 g/mol. The molecule has 6 nitrogen and oxygen atoms in total. The van der Waals surface area contributed by atoms with Crippen LogP contribution in [-0.2, 0) is 0 Å². The molecule has 5 aromatic rings. The molecule has 1 saturated carbocycles. The molecule has 2 N–H and O–H groups in total. The molecule has 0 amide bonds. The van der Waals surface area contributed by atoms with E-state index in [1.54, 1.807) is 24.5 Å². The van der Waals surface area contributed by atoms with Crippen LogP contribution in [0.4, 0.5) is 15.8 Å². The zero-order valence-corrected chi connectivity index (χ0v) is 22.7. The molecule has 1 aliphatic carbocycles. The number of rotatable bonds is 9. The van der Waals surface area contributed by atoms with E-state index in [1.807, 2.05) is 35.0 Å². The Bertz CT molecular complexity index is 1750. The summed E-state index contributed by atoms with van der Waals surface area (Å²) in [5, 5.41) is 17.9. The number of benzene rings is 3. The Balaban J connectivity index is 1.46. The van der Waals surface area contributed by atoms with Crippen LogP contribution in [0, 0.1) is 17.1 Å². The lowest BCUT2D eigenvalue weighted by molar-refractivity contribution is 0.626. The van der Waals surface area contributed by atoms with Crippen LogP contribution in [0.5, 0.6) is 0 Å². The summed E-state index contributed by atoms with van der Waals surface area (Å²) in [6.07, 6.45) is 8.09. The van der Waals surface area contributed by atoms with Gasteiger partial charge in [-0.3, -0.25) is 4.98 Å². The van der Waals surface area contributed by atoms with Crippen molar-refractivity contribution < 1.29 is 5.76 Å². The summed E-state index contributed by atoms with van der Waals surface area (Å²) >= 11 is 6.77. The average molecular weight is 552 g/mol. The van der Waals surface area contributed by atoms with Gasteiger partial charge in [-0.1, -0.05) is 61.0 Å². The fourth-order valence-corrected chi connectivity index (χ4v) is 5.20. The van der Waals surface area contributed by atoms with Gasteiger partial charge in [-0.25, -0.2) is 9.37 Å². The van der Waals surface area contributed by atoms with E-state index in [9.17, 15) is 11.0 Å². The molecule has 1 unspecified atom stereocenters. The van der Waals surface area contributed by atoms with E-state index in [0.717, 1.165) is 24.8 Å². The van der Waals surface area contributed by atoms with Crippen molar-refractivity contribution in [3.8, 4) is 6.07 Å². The minimum atomic E-state index is -1.55. The summed E-state index contributed by atoms with van der Waals surface area (Å²) in [6, 6.07) is 20.5. The predicted octanol–water partition coefficient (Wildman–Crippen LogP) is 8.20. The molecular formula is C32H28ClFN6. The highest BCUT2D eigenvalue weighted by Crippen LogP contribution is 2.38. The molecule has 2 heterocycles. The topological polar surface area (TPSA) is 78.6 Å². The lowest BCUT2D eigenvalue weighted by atomic mass is 10.0. The smallest absolute Gasteiger partial charge is 0.123 e. The Morgan fingerprint density at radius 2 is 1.88 bits per heavy atom. The van der Waals surface area contributed by atoms with Crippen LogP contribution in [0.25, 0.3) is 10.9 Å². The maximum absolute atomic E-state index is 13.9. The van der Waals surface area contributed by atoms with Crippen molar-refractivity contribution in [2.45, 2.75) is 44.3 Å². The lowest BCUT2D eigenvalue weighted by Gasteiger charge is -2.23. The molecule has 200 valence electrons. The van der Waals surface area contributed by atoms with E-state index in [4.69, 9.17) is 11.6 Å². The minimum Gasteiger partial charge on any atom is -0.377 e. The number of fused-ring (bicyclic) bond motifs is 1. The lowest BCUT2D eigenvalue weighted by Crippen LogP contribution is -2.14. The van der Waals surface area contributed by atoms with Crippen molar-refractivity contribution in [2.75, 3.05) is 10.6 Å². The van der Waals surface area contributed by atoms with Crippen LogP contribution < -0.4 is 10.6 Å². The summed E-state index contributed by atoms with van der Waals surface area (Å²) in [6.45, 7) is 2.08. The van der Waals surface area contributed by atoms with Gasteiger partial charge in [0.2, 0.25) is 0 Å². The van der Waals surface area contributed by atoms with Gasteiger partial charge in [-0.15, -0.1) is 0 Å². The molecule has 8 heteroatoms. The van der Waals surface area contributed by atoms with Gasteiger partial charge < -0.3 is 15.2 Å². The molecule has 1 aliphatic rings. The van der Waals surface area contributed by atoms with Gasteiger partial charge in [0, 0.05) is 29.5 Å². The Morgan fingerprint density at radius 3 is 2.58 bits per heavy atom. The molecule has 3 aromatic carbocycles. The molecule has 6 rings (SSSR count). The number of imidazole rings is 1. The summed E-state index contributed by atoms with van der Waals surface area (Å²) in [5.41, 5.74) is 4.18. The quantitative estimate of drug-likeness (QED) is 0.193. The number of nitrogens with one attached hydrogen (secondary N) is 2. The summed E-state index contributed by atoms with van der Waals surface area (Å²) in [4.78, 5) is 9.06. The van der Waals surface area contributed by atoms with Gasteiger partial charge in [0.1, 0.15) is 11.9 Å². The number of anilines is 2. The van der Waals surface area contributed by atoms with Crippen molar-refractivity contribution in [1.29, 1.82) is 5.26 Å². The number of halogens is 2. The fourth-order valence-electron chi connectivity index (χ4n) is 4.94. The molecule has 0 saturated heterocycles. The highest BCUT2D eigenvalue weighted by Gasteiger charge is 2.26. The summed E-state index contributed by atoms with van der Waals surface area (Å²) < 4.78 is 25.5. The van der Waals surface area contributed by atoms with Crippen LogP contribution in [0.15, 0.2) is 85.5 Å². The molecule has 2 atom stereocenters.